The molecule has 2 aromatic rings. The second-order valence-electron chi connectivity index (χ2n) is 11.9. The highest BCUT2D eigenvalue weighted by Crippen LogP contribution is 2.49. The van der Waals surface area contributed by atoms with Gasteiger partial charge in [0.05, 0.1) is 29.8 Å². The zero-order valence-electron chi connectivity index (χ0n) is 23.3. The molecule has 0 radical (unpaired) electrons. The molecule has 6 rings (SSSR count). The second-order valence-corrected chi connectivity index (χ2v) is 11.9. The Bertz CT molecular complexity index is 1470. The van der Waals surface area contributed by atoms with E-state index in [0.29, 0.717) is 19.4 Å². The minimum absolute atomic E-state index is 0.0335. The van der Waals surface area contributed by atoms with Crippen molar-refractivity contribution in [1.82, 2.24) is 9.80 Å². The van der Waals surface area contributed by atoms with Crippen LogP contribution in [0, 0.1) is 23.1 Å². The number of hydrogen-bond donors (Lipinski definition) is 1. The number of fused-ring (bicyclic) bond motifs is 1. The van der Waals surface area contributed by atoms with E-state index in [4.69, 9.17) is 9.47 Å². The summed E-state index contributed by atoms with van der Waals surface area (Å²) < 4.78 is 66.3. The van der Waals surface area contributed by atoms with Crippen molar-refractivity contribution >= 4 is 11.9 Å². The molecule has 3 fully saturated rings. The Labute approximate surface area is 245 Å². The minimum atomic E-state index is -4.64. The van der Waals surface area contributed by atoms with Crippen LogP contribution in [0.15, 0.2) is 30.3 Å². The summed E-state index contributed by atoms with van der Waals surface area (Å²) in [5.74, 6) is -2.10. The Morgan fingerprint density at radius 2 is 1.81 bits per heavy atom. The summed E-state index contributed by atoms with van der Waals surface area (Å²) >= 11 is 0. The van der Waals surface area contributed by atoms with Crippen LogP contribution in [-0.4, -0.2) is 64.9 Å². The predicted octanol–water partition coefficient (Wildman–Crippen LogP) is 5.30. The fourth-order valence-corrected chi connectivity index (χ4v) is 6.86. The number of alkyl halides is 3. The Morgan fingerprint density at radius 1 is 1.07 bits per heavy atom. The third-order valence-corrected chi connectivity index (χ3v) is 9.35. The lowest BCUT2D eigenvalue weighted by Gasteiger charge is -2.46. The van der Waals surface area contributed by atoms with Gasteiger partial charge in [-0.1, -0.05) is 6.07 Å². The first kappa shape index (κ1) is 29.4. The number of rotatable bonds is 5. The quantitative estimate of drug-likeness (QED) is 0.464. The molecule has 2 aromatic carbocycles. The van der Waals surface area contributed by atoms with Crippen LogP contribution in [0.1, 0.15) is 77.1 Å². The van der Waals surface area contributed by atoms with Crippen molar-refractivity contribution in [3.8, 4) is 11.8 Å². The molecule has 2 atom stereocenters. The third-order valence-electron chi connectivity index (χ3n) is 9.35. The number of carboxylic acids is 1. The zero-order valence-corrected chi connectivity index (χ0v) is 23.3. The van der Waals surface area contributed by atoms with Crippen LogP contribution in [0.3, 0.4) is 0 Å². The van der Waals surface area contributed by atoms with Crippen LogP contribution in [0.25, 0.3) is 0 Å². The fraction of sp³-hybridized carbons (Fsp3) is 0.516. The van der Waals surface area contributed by atoms with Crippen LogP contribution in [-0.2, 0) is 22.3 Å². The van der Waals surface area contributed by atoms with Gasteiger partial charge in [-0.2, -0.15) is 18.4 Å². The number of carboxylic acid groups (broad SMARTS) is 1. The van der Waals surface area contributed by atoms with Crippen LogP contribution in [0.2, 0.25) is 0 Å². The molecule has 3 aliphatic heterocycles. The monoisotopic (exact) mass is 601 g/mol. The molecule has 43 heavy (non-hydrogen) atoms. The molecule has 3 heterocycles. The van der Waals surface area contributed by atoms with E-state index in [1.165, 1.54) is 17.0 Å². The molecule has 0 aromatic heterocycles. The summed E-state index contributed by atoms with van der Waals surface area (Å²) in [4.78, 5) is 29.0. The molecule has 1 N–H and O–H groups in total. The standard InChI is InChI=1S/C31H31F4N3O5/c32-26-4-1-19(13-25(26)28(39)40)18-6-9-37(10-7-18)24-5-8-30(43-16-24,22-2-3-22)29(41)38-15-21-12-23(31(33,34)35)11-20(14-36)27(21)42-17-38/h1,4,11-13,18,22,24H,2-3,5-10,15-17H2,(H,39,40)/t24?,30-/m0/s1. The number of ether oxygens (including phenoxy) is 2. The molecule has 12 heteroatoms. The summed E-state index contributed by atoms with van der Waals surface area (Å²) in [5.41, 5.74) is -1.60. The number of aromatic carboxylic acids is 1. The number of piperidine rings is 1. The van der Waals surface area contributed by atoms with Gasteiger partial charge in [0.25, 0.3) is 5.91 Å². The maximum Gasteiger partial charge on any atom is 0.416 e. The van der Waals surface area contributed by atoms with E-state index in [2.05, 4.69) is 4.90 Å². The van der Waals surface area contributed by atoms with E-state index in [0.717, 1.165) is 56.5 Å². The lowest BCUT2D eigenvalue weighted by molar-refractivity contribution is -0.180. The molecule has 1 amide bonds. The fourth-order valence-electron chi connectivity index (χ4n) is 6.86. The highest BCUT2D eigenvalue weighted by atomic mass is 19.4. The van der Waals surface area contributed by atoms with Crippen molar-refractivity contribution in [2.75, 3.05) is 26.4 Å². The molecule has 228 valence electrons. The van der Waals surface area contributed by atoms with Crippen molar-refractivity contribution < 1.29 is 41.7 Å². The maximum atomic E-state index is 13.9. The summed E-state index contributed by atoms with van der Waals surface area (Å²) in [5, 5.41) is 18.7. The van der Waals surface area contributed by atoms with Crippen molar-refractivity contribution in [3.63, 3.8) is 0 Å². The Balaban J connectivity index is 1.11. The molecular weight excluding hydrogens is 570 g/mol. The van der Waals surface area contributed by atoms with E-state index in [1.807, 2.05) is 0 Å². The van der Waals surface area contributed by atoms with Gasteiger partial charge < -0.3 is 19.5 Å². The Morgan fingerprint density at radius 3 is 2.42 bits per heavy atom. The highest BCUT2D eigenvalue weighted by molar-refractivity contribution is 5.88. The molecule has 2 saturated heterocycles. The van der Waals surface area contributed by atoms with Crippen LogP contribution >= 0.6 is 0 Å². The molecule has 8 nitrogen and oxygen atoms in total. The SMILES string of the molecule is N#Cc1cc(C(F)(F)F)cc2c1OCN(C(=O)[C@@]1(C3CC3)CCC(N3CCC(c4ccc(F)c(C(=O)O)c4)CC3)CO1)C2. The molecule has 1 unspecified atom stereocenters. The number of carbonyl (C=O) groups is 2. The number of amides is 1. The van der Waals surface area contributed by atoms with Crippen LogP contribution in [0.4, 0.5) is 17.6 Å². The van der Waals surface area contributed by atoms with Gasteiger partial charge >= 0.3 is 12.1 Å². The van der Waals surface area contributed by atoms with Crippen LogP contribution in [0.5, 0.6) is 5.75 Å². The largest absolute Gasteiger partial charge is 0.478 e. The number of halogens is 4. The number of nitriles is 1. The smallest absolute Gasteiger partial charge is 0.416 e. The van der Waals surface area contributed by atoms with E-state index < -0.39 is 29.1 Å². The van der Waals surface area contributed by atoms with Crippen LogP contribution < -0.4 is 4.74 Å². The average Bonchev–Trinajstić information content (AvgIpc) is 3.86. The number of nitrogens with zero attached hydrogens (tertiary/aromatic N) is 3. The molecule has 0 spiro atoms. The normalized spacial score (nSPS) is 25.0. The summed E-state index contributed by atoms with van der Waals surface area (Å²) in [6.07, 6.45) is -0.213. The minimum Gasteiger partial charge on any atom is -0.478 e. The molecule has 1 saturated carbocycles. The summed E-state index contributed by atoms with van der Waals surface area (Å²) in [6.45, 7) is 1.57. The van der Waals surface area contributed by atoms with E-state index in [-0.39, 0.29) is 59.5 Å². The van der Waals surface area contributed by atoms with Gasteiger partial charge in [-0.25, -0.2) is 9.18 Å². The van der Waals surface area contributed by atoms with Gasteiger partial charge in [-0.15, -0.1) is 0 Å². The van der Waals surface area contributed by atoms with Gasteiger partial charge in [0.2, 0.25) is 0 Å². The number of likely N-dealkylation sites (tertiary alicyclic amines) is 1. The molecule has 0 bridgehead atoms. The maximum absolute atomic E-state index is 13.9. The first-order valence-corrected chi connectivity index (χ1v) is 14.5. The highest BCUT2D eigenvalue weighted by Gasteiger charge is 2.56. The molecule has 4 aliphatic rings. The van der Waals surface area contributed by atoms with Gasteiger partial charge in [0.1, 0.15) is 23.2 Å². The molecule has 1 aliphatic carbocycles. The number of carbonyl (C=O) groups excluding carboxylic acids is 1. The van der Waals surface area contributed by atoms with Crippen molar-refractivity contribution in [2.24, 2.45) is 5.92 Å². The van der Waals surface area contributed by atoms with Gasteiger partial charge in [-0.3, -0.25) is 9.69 Å². The Hall–Kier alpha value is -3.69. The predicted molar refractivity (Wildman–Crippen MR) is 144 cm³/mol. The summed E-state index contributed by atoms with van der Waals surface area (Å²) in [6, 6.07) is 7.85. The first-order valence-electron chi connectivity index (χ1n) is 14.5. The summed E-state index contributed by atoms with van der Waals surface area (Å²) in [7, 11) is 0. The Kier molecular flexibility index (Phi) is 7.59. The zero-order chi connectivity index (χ0) is 30.5. The van der Waals surface area contributed by atoms with Crippen molar-refractivity contribution in [3.05, 3.63) is 64.0 Å². The average molecular weight is 602 g/mol. The van der Waals surface area contributed by atoms with Crippen molar-refractivity contribution in [2.45, 2.75) is 68.8 Å². The lowest BCUT2D eigenvalue weighted by Crippen LogP contribution is -2.59. The lowest BCUT2D eigenvalue weighted by atomic mass is 9.83. The first-order chi connectivity index (χ1) is 20.5. The van der Waals surface area contributed by atoms with Gasteiger partial charge in [-0.05, 0) is 93.3 Å². The van der Waals surface area contributed by atoms with E-state index >= 15 is 0 Å². The second kappa shape index (κ2) is 11.1. The van der Waals surface area contributed by atoms with E-state index in [1.54, 1.807) is 12.1 Å². The topological polar surface area (TPSA) is 103 Å². The molecular formula is C31H31F4N3O5. The number of benzene rings is 2. The third kappa shape index (κ3) is 5.56. The van der Waals surface area contributed by atoms with Crippen molar-refractivity contribution in [1.29, 1.82) is 5.26 Å². The van der Waals surface area contributed by atoms with Gasteiger partial charge in [0, 0.05) is 11.6 Å². The number of hydrogen-bond acceptors (Lipinski definition) is 6. The van der Waals surface area contributed by atoms with E-state index in [9.17, 15) is 37.5 Å². The van der Waals surface area contributed by atoms with Gasteiger partial charge in [0.15, 0.2) is 6.73 Å².